The molecule has 1 aliphatic rings. The zero-order chi connectivity index (χ0) is 15.2. The fraction of sp³-hybridized carbons (Fsp3) is 0.647. The SMILES string of the molecule is Cc1cc(Cl)c(OCCCCN2CCC(C)CC2)c(Cl)c1. The Morgan fingerprint density at radius 2 is 1.76 bits per heavy atom. The molecule has 118 valence electrons. The molecule has 0 N–H and O–H groups in total. The van der Waals surface area contributed by atoms with Crippen molar-refractivity contribution in [3.8, 4) is 5.75 Å². The largest absolute Gasteiger partial charge is 0.490 e. The van der Waals surface area contributed by atoms with E-state index in [1.807, 2.05) is 19.1 Å². The summed E-state index contributed by atoms with van der Waals surface area (Å²) >= 11 is 12.3. The molecule has 0 atom stereocenters. The van der Waals surface area contributed by atoms with Gasteiger partial charge in [0.25, 0.3) is 0 Å². The van der Waals surface area contributed by atoms with E-state index in [2.05, 4.69) is 11.8 Å². The number of aryl methyl sites for hydroxylation is 1. The quantitative estimate of drug-likeness (QED) is 0.665. The summed E-state index contributed by atoms with van der Waals surface area (Å²) in [6.07, 6.45) is 4.87. The van der Waals surface area contributed by atoms with Crippen molar-refractivity contribution in [3.05, 3.63) is 27.7 Å². The molecular weight excluding hydrogens is 305 g/mol. The Balaban J connectivity index is 1.66. The molecule has 21 heavy (non-hydrogen) atoms. The molecule has 0 aromatic heterocycles. The molecule has 0 radical (unpaired) electrons. The minimum absolute atomic E-state index is 0.602. The van der Waals surface area contributed by atoms with Crippen molar-refractivity contribution >= 4 is 23.2 Å². The first kappa shape index (κ1) is 16.9. The molecule has 1 saturated heterocycles. The smallest absolute Gasteiger partial charge is 0.156 e. The highest BCUT2D eigenvalue weighted by Gasteiger charge is 2.14. The van der Waals surface area contributed by atoms with E-state index in [9.17, 15) is 0 Å². The van der Waals surface area contributed by atoms with Crippen LogP contribution < -0.4 is 4.74 Å². The first-order valence-electron chi connectivity index (χ1n) is 7.87. The third-order valence-corrected chi connectivity index (χ3v) is 4.70. The van der Waals surface area contributed by atoms with Gasteiger partial charge in [0.15, 0.2) is 5.75 Å². The summed E-state index contributed by atoms with van der Waals surface area (Å²) in [5.41, 5.74) is 1.05. The van der Waals surface area contributed by atoms with Crippen molar-refractivity contribution in [3.63, 3.8) is 0 Å². The van der Waals surface area contributed by atoms with Gasteiger partial charge in [-0.2, -0.15) is 0 Å². The third kappa shape index (κ3) is 5.36. The van der Waals surface area contributed by atoms with Crippen LogP contribution in [0.15, 0.2) is 12.1 Å². The molecule has 1 fully saturated rings. The van der Waals surface area contributed by atoms with Crippen LogP contribution in [-0.4, -0.2) is 31.1 Å². The monoisotopic (exact) mass is 329 g/mol. The Morgan fingerprint density at radius 1 is 1.14 bits per heavy atom. The maximum atomic E-state index is 6.17. The van der Waals surface area contributed by atoms with Crippen LogP contribution >= 0.6 is 23.2 Å². The molecule has 1 aliphatic heterocycles. The van der Waals surface area contributed by atoms with Crippen LogP contribution in [0, 0.1) is 12.8 Å². The lowest BCUT2D eigenvalue weighted by Crippen LogP contribution is -2.33. The Morgan fingerprint density at radius 3 is 2.38 bits per heavy atom. The summed E-state index contributed by atoms with van der Waals surface area (Å²) in [5, 5.41) is 1.20. The number of benzene rings is 1. The summed E-state index contributed by atoms with van der Waals surface area (Å²) in [4.78, 5) is 2.56. The maximum absolute atomic E-state index is 6.17. The van der Waals surface area contributed by atoms with Gasteiger partial charge >= 0.3 is 0 Å². The number of hydrogen-bond donors (Lipinski definition) is 0. The number of halogens is 2. The van der Waals surface area contributed by atoms with Crippen LogP contribution in [-0.2, 0) is 0 Å². The number of likely N-dealkylation sites (tertiary alicyclic amines) is 1. The minimum Gasteiger partial charge on any atom is -0.490 e. The Labute approximate surface area is 138 Å². The van der Waals surface area contributed by atoms with E-state index in [0.717, 1.165) is 24.3 Å². The summed E-state index contributed by atoms with van der Waals surface area (Å²) in [6.45, 7) is 8.66. The predicted octanol–water partition coefficient (Wildman–Crippen LogP) is 5.19. The van der Waals surface area contributed by atoms with Gasteiger partial charge in [-0.25, -0.2) is 0 Å². The third-order valence-electron chi connectivity index (χ3n) is 4.13. The molecule has 2 rings (SSSR count). The lowest BCUT2D eigenvalue weighted by atomic mass is 9.99. The summed E-state index contributed by atoms with van der Waals surface area (Å²) in [5.74, 6) is 1.52. The van der Waals surface area contributed by atoms with E-state index in [4.69, 9.17) is 27.9 Å². The lowest BCUT2D eigenvalue weighted by molar-refractivity contribution is 0.185. The number of hydrogen-bond acceptors (Lipinski definition) is 2. The van der Waals surface area contributed by atoms with Gasteiger partial charge in [-0.1, -0.05) is 30.1 Å². The highest BCUT2D eigenvalue weighted by atomic mass is 35.5. The van der Waals surface area contributed by atoms with E-state index in [1.165, 1.54) is 32.5 Å². The molecule has 2 nitrogen and oxygen atoms in total. The van der Waals surface area contributed by atoms with Crippen molar-refractivity contribution in [2.24, 2.45) is 5.92 Å². The number of rotatable bonds is 6. The van der Waals surface area contributed by atoms with Gasteiger partial charge in [-0.3, -0.25) is 0 Å². The van der Waals surface area contributed by atoms with E-state index >= 15 is 0 Å². The number of unbranched alkanes of at least 4 members (excludes halogenated alkanes) is 1. The molecule has 1 heterocycles. The van der Waals surface area contributed by atoms with Crippen LogP contribution in [0.25, 0.3) is 0 Å². The zero-order valence-corrected chi connectivity index (χ0v) is 14.5. The first-order chi connectivity index (χ1) is 10.1. The van der Waals surface area contributed by atoms with E-state index in [0.29, 0.717) is 22.4 Å². The standard InChI is InChI=1S/C17H25Cl2NO/c1-13-5-8-20(9-6-13)7-3-4-10-21-17-15(18)11-14(2)12-16(17)19/h11-13H,3-10H2,1-2H3. The number of ether oxygens (including phenoxy) is 1. The highest BCUT2D eigenvalue weighted by molar-refractivity contribution is 6.37. The van der Waals surface area contributed by atoms with Gasteiger partial charge in [0.1, 0.15) is 0 Å². The topological polar surface area (TPSA) is 12.5 Å². The molecule has 1 aromatic carbocycles. The highest BCUT2D eigenvalue weighted by Crippen LogP contribution is 2.34. The molecule has 4 heteroatoms. The van der Waals surface area contributed by atoms with Gasteiger partial charge < -0.3 is 9.64 Å². The molecule has 0 saturated carbocycles. The van der Waals surface area contributed by atoms with E-state index in [-0.39, 0.29) is 0 Å². The van der Waals surface area contributed by atoms with Crippen LogP contribution in [0.5, 0.6) is 5.75 Å². The minimum atomic E-state index is 0.602. The molecule has 0 unspecified atom stereocenters. The zero-order valence-electron chi connectivity index (χ0n) is 13.0. The molecule has 0 aliphatic carbocycles. The molecule has 0 spiro atoms. The van der Waals surface area contributed by atoms with E-state index < -0.39 is 0 Å². The van der Waals surface area contributed by atoms with Crippen molar-refractivity contribution in [1.29, 1.82) is 0 Å². The molecular formula is C17H25Cl2NO. The Bertz CT molecular complexity index is 433. The van der Waals surface area contributed by atoms with Crippen LogP contribution in [0.2, 0.25) is 10.0 Å². The predicted molar refractivity (Wildman–Crippen MR) is 90.8 cm³/mol. The second-order valence-corrected chi connectivity index (χ2v) is 6.95. The number of nitrogens with zero attached hydrogens (tertiary/aromatic N) is 1. The summed E-state index contributed by atoms with van der Waals surface area (Å²) < 4.78 is 5.75. The first-order valence-corrected chi connectivity index (χ1v) is 8.62. The van der Waals surface area contributed by atoms with Crippen molar-refractivity contribution in [2.75, 3.05) is 26.2 Å². The average Bonchev–Trinajstić information content (AvgIpc) is 2.43. The average molecular weight is 330 g/mol. The van der Waals surface area contributed by atoms with Crippen molar-refractivity contribution in [2.45, 2.75) is 39.5 Å². The maximum Gasteiger partial charge on any atom is 0.156 e. The fourth-order valence-corrected chi connectivity index (χ4v) is 3.43. The second-order valence-electron chi connectivity index (χ2n) is 6.14. The van der Waals surface area contributed by atoms with Gasteiger partial charge in [-0.05, 0) is 75.9 Å². The van der Waals surface area contributed by atoms with Gasteiger partial charge in [0.05, 0.1) is 16.7 Å². The second kappa shape index (κ2) is 8.26. The summed E-state index contributed by atoms with van der Waals surface area (Å²) in [7, 11) is 0. The Hall–Kier alpha value is -0.440. The fourth-order valence-electron chi connectivity index (χ4n) is 2.72. The normalized spacial score (nSPS) is 17.1. The van der Waals surface area contributed by atoms with Crippen molar-refractivity contribution in [1.82, 2.24) is 4.90 Å². The van der Waals surface area contributed by atoms with Gasteiger partial charge in [-0.15, -0.1) is 0 Å². The van der Waals surface area contributed by atoms with Crippen LogP contribution in [0.3, 0.4) is 0 Å². The summed E-state index contributed by atoms with van der Waals surface area (Å²) in [6, 6.07) is 3.77. The van der Waals surface area contributed by atoms with Crippen molar-refractivity contribution < 1.29 is 4.74 Å². The lowest BCUT2D eigenvalue weighted by Gasteiger charge is -2.30. The van der Waals surface area contributed by atoms with Gasteiger partial charge in [0, 0.05) is 0 Å². The number of piperidine rings is 1. The van der Waals surface area contributed by atoms with Crippen LogP contribution in [0.4, 0.5) is 0 Å². The molecule has 0 amide bonds. The van der Waals surface area contributed by atoms with Gasteiger partial charge in [0.2, 0.25) is 0 Å². The Kier molecular flexibility index (Phi) is 6.66. The molecule has 0 bridgehead atoms. The molecule has 1 aromatic rings. The van der Waals surface area contributed by atoms with Crippen LogP contribution in [0.1, 0.15) is 38.2 Å². The van der Waals surface area contributed by atoms with E-state index in [1.54, 1.807) is 0 Å².